The molecule has 1 saturated carbocycles. The van der Waals surface area contributed by atoms with Gasteiger partial charge in [0.25, 0.3) is 0 Å². The smallest absolute Gasteiger partial charge is 0.136 e. The van der Waals surface area contributed by atoms with Gasteiger partial charge < -0.3 is 11.1 Å². The van der Waals surface area contributed by atoms with Crippen molar-refractivity contribution in [2.45, 2.75) is 39.2 Å². The lowest BCUT2D eigenvalue weighted by atomic mass is 10.3. The fourth-order valence-electron chi connectivity index (χ4n) is 2.01. The van der Waals surface area contributed by atoms with Gasteiger partial charge in [-0.1, -0.05) is 0 Å². The molecule has 0 radical (unpaired) electrons. The molecule has 5 heteroatoms. The molecule has 0 aliphatic heterocycles. The second-order valence-corrected chi connectivity index (χ2v) is 6.46. The number of nitrogens with one attached hydrogen (secondary N) is 1. The van der Waals surface area contributed by atoms with Crippen molar-refractivity contribution in [3.05, 3.63) is 33.3 Å². The van der Waals surface area contributed by atoms with E-state index < -0.39 is 0 Å². The second kappa shape index (κ2) is 4.81. The highest BCUT2D eigenvalue weighted by molar-refractivity contribution is 7.12. The van der Waals surface area contributed by atoms with Crippen LogP contribution in [0, 0.1) is 13.8 Å². The molecule has 4 nitrogen and oxygen atoms in total. The van der Waals surface area contributed by atoms with Gasteiger partial charge in [-0.25, -0.2) is 9.97 Å². The highest BCUT2D eigenvalue weighted by Gasteiger charge is 2.27. The molecule has 3 N–H and O–H groups in total. The largest absolute Gasteiger partial charge is 0.384 e. The number of hydrogen-bond acceptors (Lipinski definition) is 5. The Labute approximate surface area is 117 Å². The number of hydrogen-bond donors (Lipinski definition) is 2. The average molecular weight is 274 g/mol. The second-order valence-electron chi connectivity index (χ2n) is 5.12. The Kier molecular flexibility index (Phi) is 3.14. The quantitative estimate of drug-likeness (QED) is 0.898. The molecule has 0 saturated heterocycles. The minimum Gasteiger partial charge on any atom is -0.384 e. The molecule has 3 rings (SSSR count). The number of aryl methyl sites for hydroxylation is 2. The van der Waals surface area contributed by atoms with Crippen molar-refractivity contribution in [2.75, 3.05) is 11.1 Å². The van der Waals surface area contributed by atoms with E-state index in [4.69, 9.17) is 5.73 Å². The van der Waals surface area contributed by atoms with Crippen LogP contribution in [-0.4, -0.2) is 9.97 Å². The zero-order valence-corrected chi connectivity index (χ0v) is 12.0. The Morgan fingerprint density at radius 3 is 2.74 bits per heavy atom. The number of nitrogen functional groups attached to an aromatic ring is 1. The van der Waals surface area contributed by atoms with Crippen molar-refractivity contribution >= 4 is 23.0 Å². The minimum absolute atomic E-state index is 0.523. The van der Waals surface area contributed by atoms with E-state index in [-0.39, 0.29) is 0 Å². The van der Waals surface area contributed by atoms with Gasteiger partial charge in [0.05, 0.1) is 6.54 Å². The van der Waals surface area contributed by atoms with Crippen molar-refractivity contribution in [1.82, 2.24) is 9.97 Å². The molecule has 0 amide bonds. The Balaban J connectivity index is 1.72. The van der Waals surface area contributed by atoms with E-state index in [1.807, 2.05) is 11.3 Å². The Morgan fingerprint density at radius 2 is 2.11 bits per heavy atom. The summed E-state index contributed by atoms with van der Waals surface area (Å²) in [5.74, 6) is 2.80. The Hall–Kier alpha value is -1.62. The van der Waals surface area contributed by atoms with Gasteiger partial charge >= 0.3 is 0 Å². The van der Waals surface area contributed by atoms with Gasteiger partial charge in [-0.15, -0.1) is 11.3 Å². The number of rotatable bonds is 4. The monoisotopic (exact) mass is 274 g/mol. The van der Waals surface area contributed by atoms with Crippen LogP contribution in [0.5, 0.6) is 0 Å². The first-order valence-electron chi connectivity index (χ1n) is 6.56. The molecule has 0 aromatic carbocycles. The van der Waals surface area contributed by atoms with E-state index in [2.05, 4.69) is 35.2 Å². The molecule has 1 aliphatic carbocycles. The van der Waals surface area contributed by atoms with Crippen molar-refractivity contribution in [2.24, 2.45) is 0 Å². The summed E-state index contributed by atoms with van der Waals surface area (Å²) < 4.78 is 0. The van der Waals surface area contributed by atoms with Crippen LogP contribution in [-0.2, 0) is 6.54 Å². The van der Waals surface area contributed by atoms with Crippen molar-refractivity contribution in [3.63, 3.8) is 0 Å². The summed E-state index contributed by atoms with van der Waals surface area (Å²) in [5, 5.41) is 3.34. The first-order chi connectivity index (χ1) is 9.11. The van der Waals surface area contributed by atoms with Crippen molar-refractivity contribution in [3.8, 4) is 0 Å². The number of anilines is 2. The van der Waals surface area contributed by atoms with Gasteiger partial charge in [0.1, 0.15) is 17.5 Å². The topological polar surface area (TPSA) is 63.8 Å². The maximum Gasteiger partial charge on any atom is 0.136 e. The molecule has 2 heterocycles. The molecule has 19 heavy (non-hydrogen) atoms. The van der Waals surface area contributed by atoms with E-state index in [1.165, 1.54) is 28.2 Å². The summed E-state index contributed by atoms with van der Waals surface area (Å²) >= 11 is 1.82. The maximum absolute atomic E-state index is 5.83. The third-order valence-corrected chi connectivity index (χ3v) is 4.52. The average Bonchev–Trinajstić information content (AvgIpc) is 3.15. The van der Waals surface area contributed by atoms with Crippen LogP contribution in [0.15, 0.2) is 12.1 Å². The molecule has 0 spiro atoms. The number of nitrogens with zero attached hydrogens (tertiary/aromatic N) is 2. The van der Waals surface area contributed by atoms with E-state index >= 15 is 0 Å². The zero-order chi connectivity index (χ0) is 13.4. The van der Waals surface area contributed by atoms with Crippen LogP contribution in [0.4, 0.5) is 11.6 Å². The van der Waals surface area contributed by atoms with Crippen molar-refractivity contribution in [1.29, 1.82) is 0 Å². The lowest BCUT2D eigenvalue weighted by Crippen LogP contribution is -2.05. The highest BCUT2D eigenvalue weighted by Crippen LogP contribution is 2.38. The zero-order valence-electron chi connectivity index (χ0n) is 11.2. The number of nitrogens with two attached hydrogens (primary N) is 1. The summed E-state index contributed by atoms with van der Waals surface area (Å²) in [4.78, 5) is 11.5. The number of aromatic nitrogens is 2. The van der Waals surface area contributed by atoms with Gasteiger partial charge in [-0.3, -0.25) is 0 Å². The highest BCUT2D eigenvalue weighted by atomic mass is 32.1. The van der Waals surface area contributed by atoms with Crippen LogP contribution >= 0.6 is 11.3 Å². The van der Waals surface area contributed by atoms with E-state index in [0.29, 0.717) is 11.7 Å². The lowest BCUT2D eigenvalue weighted by Gasteiger charge is -2.07. The Bertz CT molecular complexity index is 582. The van der Waals surface area contributed by atoms with E-state index in [0.717, 1.165) is 18.2 Å². The third-order valence-electron chi connectivity index (χ3n) is 3.37. The molecule has 1 fully saturated rings. The summed E-state index contributed by atoms with van der Waals surface area (Å²) in [6, 6.07) is 4.03. The lowest BCUT2D eigenvalue weighted by molar-refractivity contribution is 0.927. The molecule has 0 unspecified atom stereocenters. The Morgan fingerprint density at radius 1 is 1.32 bits per heavy atom. The first kappa shape index (κ1) is 12.4. The van der Waals surface area contributed by atoms with E-state index in [1.54, 1.807) is 6.07 Å². The van der Waals surface area contributed by atoms with Crippen LogP contribution in [0.3, 0.4) is 0 Å². The van der Waals surface area contributed by atoms with Gasteiger partial charge in [0.15, 0.2) is 0 Å². The maximum atomic E-state index is 5.83. The molecule has 2 aromatic rings. The standard InChI is InChI=1S/C14H18N4S/c1-8-5-11(19-9(8)2)7-16-13-6-12(15)17-14(18-13)10-3-4-10/h5-6,10H,3-4,7H2,1-2H3,(H3,15,16,17,18). The summed E-state index contributed by atoms with van der Waals surface area (Å²) in [6.45, 7) is 5.08. The molecule has 0 bridgehead atoms. The molecular formula is C14H18N4S. The van der Waals surface area contributed by atoms with Crippen LogP contribution in [0.2, 0.25) is 0 Å². The van der Waals surface area contributed by atoms with Crippen LogP contribution in [0.1, 0.15) is 39.9 Å². The predicted molar refractivity (Wildman–Crippen MR) is 79.5 cm³/mol. The fourth-order valence-corrected chi connectivity index (χ4v) is 3.01. The van der Waals surface area contributed by atoms with Crippen LogP contribution in [0.25, 0.3) is 0 Å². The predicted octanol–water partition coefficient (Wildman–Crippen LogP) is 3.23. The van der Waals surface area contributed by atoms with Gasteiger partial charge in [-0.2, -0.15) is 0 Å². The molecular weight excluding hydrogens is 256 g/mol. The van der Waals surface area contributed by atoms with Crippen molar-refractivity contribution < 1.29 is 0 Å². The van der Waals surface area contributed by atoms with Gasteiger partial charge in [0, 0.05) is 21.7 Å². The molecule has 100 valence electrons. The summed E-state index contributed by atoms with van der Waals surface area (Å²) in [6.07, 6.45) is 2.37. The van der Waals surface area contributed by atoms with Crippen LogP contribution < -0.4 is 11.1 Å². The SMILES string of the molecule is Cc1cc(CNc2cc(N)nc(C3CC3)n2)sc1C. The fraction of sp³-hybridized carbons (Fsp3) is 0.429. The molecule has 0 atom stereocenters. The molecule has 2 aromatic heterocycles. The normalized spacial score (nSPS) is 14.6. The summed E-state index contributed by atoms with van der Waals surface area (Å²) in [7, 11) is 0. The van der Waals surface area contributed by atoms with Gasteiger partial charge in [0.2, 0.25) is 0 Å². The first-order valence-corrected chi connectivity index (χ1v) is 7.37. The van der Waals surface area contributed by atoms with Gasteiger partial charge in [-0.05, 0) is 38.3 Å². The number of thiophene rings is 1. The minimum atomic E-state index is 0.523. The third kappa shape index (κ3) is 2.87. The van der Waals surface area contributed by atoms with E-state index in [9.17, 15) is 0 Å². The molecule has 1 aliphatic rings. The summed E-state index contributed by atoms with van der Waals surface area (Å²) in [5.41, 5.74) is 7.18.